The van der Waals surface area contributed by atoms with Crippen LogP contribution < -0.4 is 10.2 Å². The summed E-state index contributed by atoms with van der Waals surface area (Å²) in [5.74, 6) is -0.243. The number of thiazole rings is 1. The predicted molar refractivity (Wildman–Crippen MR) is 101 cm³/mol. The molecule has 1 aliphatic heterocycles. The zero-order chi connectivity index (χ0) is 18.5. The van der Waals surface area contributed by atoms with Crippen LogP contribution in [0.25, 0.3) is 0 Å². The predicted octanol–water partition coefficient (Wildman–Crippen LogP) is 1.61. The molecule has 2 aromatic rings. The molecule has 7 nitrogen and oxygen atoms in total. The van der Waals surface area contributed by atoms with Crippen LogP contribution in [0.4, 0.5) is 5.69 Å². The topological polar surface area (TPSA) is 74.8 Å². The highest BCUT2D eigenvalue weighted by Crippen LogP contribution is 2.14. The molecule has 3 rings (SSSR count). The number of hydrogen-bond acceptors (Lipinski definition) is 6. The zero-order valence-electron chi connectivity index (χ0n) is 14.9. The van der Waals surface area contributed by atoms with Crippen LogP contribution in [0.2, 0.25) is 0 Å². The number of hydrogen-bond donors (Lipinski definition) is 1. The Kier molecular flexibility index (Phi) is 5.85. The van der Waals surface area contributed by atoms with Gasteiger partial charge in [0.1, 0.15) is 10.7 Å². The molecule has 0 bridgehead atoms. The highest BCUT2D eigenvalue weighted by Gasteiger charge is 2.21. The summed E-state index contributed by atoms with van der Waals surface area (Å²) >= 11 is 1.37. The van der Waals surface area contributed by atoms with Crippen LogP contribution in [0, 0.1) is 0 Å². The first kappa shape index (κ1) is 18.3. The summed E-state index contributed by atoms with van der Waals surface area (Å²) in [7, 11) is 3.90. The molecule has 2 amide bonds. The standard InChI is InChI=1S/C18H22N4O3S/c1-21(2)14-5-3-13(4-6-14)17(23)19-11-16-20-15(12-26-16)18(24)22-7-9-25-10-8-22/h3-6,12H,7-11H2,1-2H3,(H,19,23). The van der Waals surface area contributed by atoms with Gasteiger partial charge in [0.15, 0.2) is 0 Å². The van der Waals surface area contributed by atoms with E-state index in [1.54, 1.807) is 22.4 Å². The molecule has 0 atom stereocenters. The second-order valence-corrected chi connectivity index (χ2v) is 7.10. The quantitative estimate of drug-likeness (QED) is 0.861. The molecule has 0 radical (unpaired) electrons. The normalized spacial score (nSPS) is 14.2. The van der Waals surface area contributed by atoms with E-state index in [2.05, 4.69) is 10.3 Å². The Hall–Kier alpha value is -2.45. The molecule has 0 aliphatic carbocycles. The largest absolute Gasteiger partial charge is 0.378 e. The molecule has 1 aromatic carbocycles. The number of nitrogens with zero attached hydrogens (tertiary/aromatic N) is 3. The maximum atomic E-state index is 12.4. The van der Waals surface area contributed by atoms with Gasteiger partial charge in [0, 0.05) is 43.8 Å². The second-order valence-electron chi connectivity index (χ2n) is 6.16. The van der Waals surface area contributed by atoms with E-state index in [0.717, 1.165) is 5.69 Å². The highest BCUT2D eigenvalue weighted by atomic mass is 32.1. The molecule has 0 unspecified atom stereocenters. The SMILES string of the molecule is CN(C)c1ccc(C(=O)NCc2nc(C(=O)N3CCOCC3)cs2)cc1. The number of ether oxygens (including phenoxy) is 1. The van der Waals surface area contributed by atoms with Crippen molar-refractivity contribution in [3.8, 4) is 0 Å². The molecular formula is C18H22N4O3S. The Labute approximate surface area is 156 Å². The molecule has 138 valence electrons. The van der Waals surface area contributed by atoms with Crippen LogP contribution in [0.3, 0.4) is 0 Å². The number of carbonyl (C=O) groups excluding carboxylic acids is 2. The van der Waals surface area contributed by atoms with Crippen molar-refractivity contribution in [1.82, 2.24) is 15.2 Å². The smallest absolute Gasteiger partial charge is 0.273 e. The Bertz CT molecular complexity index is 767. The van der Waals surface area contributed by atoms with Crippen molar-refractivity contribution in [2.75, 3.05) is 45.3 Å². The summed E-state index contributed by atoms with van der Waals surface area (Å²) in [6.07, 6.45) is 0. The number of morpholine rings is 1. The molecular weight excluding hydrogens is 352 g/mol. The van der Waals surface area contributed by atoms with E-state index in [1.165, 1.54) is 11.3 Å². The third-order valence-corrected chi connectivity index (χ3v) is 4.96. The lowest BCUT2D eigenvalue weighted by molar-refractivity contribution is 0.0299. The summed E-state index contributed by atoms with van der Waals surface area (Å²) in [5, 5.41) is 5.30. The molecule has 0 spiro atoms. The fraction of sp³-hybridized carbons (Fsp3) is 0.389. The van der Waals surface area contributed by atoms with E-state index in [1.807, 2.05) is 31.1 Å². The minimum atomic E-state index is -0.161. The fourth-order valence-corrected chi connectivity index (χ4v) is 3.30. The van der Waals surface area contributed by atoms with Crippen molar-refractivity contribution in [1.29, 1.82) is 0 Å². The van der Waals surface area contributed by atoms with Crippen LogP contribution >= 0.6 is 11.3 Å². The van der Waals surface area contributed by atoms with Crippen molar-refractivity contribution in [3.63, 3.8) is 0 Å². The van der Waals surface area contributed by atoms with Gasteiger partial charge in [-0.2, -0.15) is 0 Å². The number of rotatable bonds is 5. The Morgan fingerprint density at radius 1 is 1.23 bits per heavy atom. The molecule has 1 aromatic heterocycles. The molecule has 1 N–H and O–H groups in total. The molecule has 1 aliphatic rings. The van der Waals surface area contributed by atoms with Gasteiger partial charge in [-0.05, 0) is 24.3 Å². The highest BCUT2D eigenvalue weighted by molar-refractivity contribution is 7.09. The Morgan fingerprint density at radius 3 is 2.58 bits per heavy atom. The Morgan fingerprint density at radius 2 is 1.92 bits per heavy atom. The van der Waals surface area contributed by atoms with Gasteiger partial charge in [0.2, 0.25) is 0 Å². The van der Waals surface area contributed by atoms with Gasteiger partial charge < -0.3 is 19.9 Å². The molecule has 0 saturated carbocycles. The first-order chi connectivity index (χ1) is 12.5. The summed E-state index contributed by atoms with van der Waals surface area (Å²) in [6.45, 7) is 2.60. The molecule has 1 saturated heterocycles. The maximum Gasteiger partial charge on any atom is 0.273 e. The van der Waals surface area contributed by atoms with Crippen molar-refractivity contribution >= 4 is 28.8 Å². The van der Waals surface area contributed by atoms with E-state index in [0.29, 0.717) is 49.1 Å². The molecule has 8 heteroatoms. The van der Waals surface area contributed by atoms with E-state index in [9.17, 15) is 9.59 Å². The van der Waals surface area contributed by atoms with Gasteiger partial charge in [-0.25, -0.2) is 4.98 Å². The summed E-state index contributed by atoms with van der Waals surface area (Å²) in [6, 6.07) is 7.38. The van der Waals surface area contributed by atoms with Crippen molar-refractivity contribution in [2.24, 2.45) is 0 Å². The average Bonchev–Trinajstić information content (AvgIpc) is 3.15. The van der Waals surface area contributed by atoms with E-state index < -0.39 is 0 Å². The van der Waals surface area contributed by atoms with Gasteiger partial charge in [-0.15, -0.1) is 11.3 Å². The molecule has 2 heterocycles. The van der Waals surface area contributed by atoms with E-state index in [4.69, 9.17) is 4.74 Å². The lowest BCUT2D eigenvalue weighted by Gasteiger charge is -2.25. The van der Waals surface area contributed by atoms with Gasteiger partial charge in [0.25, 0.3) is 11.8 Å². The van der Waals surface area contributed by atoms with Crippen molar-refractivity contribution in [2.45, 2.75) is 6.54 Å². The number of nitrogens with one attached hydrogen (secondary N) is 1. The van der Waals surface area contributed by atoms with Crippen LogP contribution in [-0.2, 0) is 11.3 Å². The number of carbonyl (C=O) groups is 2. The minimum Gasteiger partial charge on any atom is -0.378 e. The second kappa shape index (κ2) is 8.29. The number of amides is 2. The third-order valence-electron chi connectivity index (χ3n) is 4.12. The van der Waals surface area contributed by atoms with Crippen LogP contribution in [0.5, 0.6) is 0 Å². The van der Waals surface area contributed by atoms with E-state index in [-0.39, 0.29) is 11.8 Å². The summed E-state index contributed by atoms with van der Waals surface area (Å²) in [5.41, 5.74) is 2.06. The summed E-state index contributed by atoms with van der Waals surface area (Å²) in [4.78, 5) is 32.7. The van der Waals surface area contributed by atoms with Crippen molar-refractivity contribution < 1.29 is 14.3 Å². The lowest BCUT2D eigenvalue weighted by Crippen LogP contribution is -2.40. The fourth-order valence-electron chi connectivity index (χ4n) is 2.59. The first-order valence-corrected chi connectivity index (χ1v) is 9.29. The monoisotopic (exact) mass is 374 g/mol. The lowest BCUT2D eigenvalue weighted by atomic mass is 10.2. The van der Waals surface area contributed by atoms with Gasteiger partial charge >= 0.3 is 0 Å². The van der Waals surface area contributed by atoms with Gasteiger partial charge in [-0.1, -0.05) is 0 Å². The number of anilines is 1. The molecule has 1 fully saturated rings. The van der Waals surface area contributed by atoms with Gasteiger partial charge in [-0.3, -0.25) is 9.59 Å². The number of aromatic nitrogens is 1. The Balaban J connectivity index is 1.55. The van der Waals surface area contributed by atoms with E-state index >= 15 is 0 Å². The van der Waals surface area contributed by atoms with Crippen LogP contribution in [0.1, 0.15) is 25.9 Å². The van der Waals surface area contributed by atoms with Crippen LogP contribution in [0.15, 0.2) is 29.6 Å². The average molecular weight is 374 g/mol. The van der Waals surface area contributed by atoms with Crippen molar-refractivity contribution in [3.05, 3.63) is 45.9 Å². The first-order valence-electron chi connectivity index (χ1n) is 8.41. The van der Waals surface area contributed by atoms with Crippen LogP contribution in [-0.4, -0.2) is 62.1 Å². The molecule has 26 heavy (non-hydrogen) atoms. The zero-order valence-corrected chi connectivity index (χ0v) is 15.7. The summed E-state index contributed by atoms with van der Waals surface area (Å²) < 4.78 is 5.26. The minimum absolute atomic E-state index is 0.0820. The maximum absolute atomic E-state index is 12.4. The number of benzene rings is 1. The van der Waals surface area contributed by atoms with Gasteiger partial charge in [0.05, 0.1) is 19.8 Å². The third kappa shape index (κ3) is 4.39.